The molecule has 29 heavy (non-hydrogen) atoms. The Balaban J connectivity index is 1.59. The summed E-state index contributed by atoms with van der Waals surface area (Å²) in [5, 5.41) is 6.10. The molecular formula is C20H19ClN4O4. The molecule has 0 saturated carbocycles. The Kier molecular flexibility index (Phi) is 6.13. The molecule has 150 valence electrons. The lowest BCUT2D eigenvalue weighted by Gasteiger charge is -2.11. The number of carbonyl (C=O) groups excluding carboxylic acids is 2. The van der Waals surface area contributed by atoms with E-state index in [1.54, 1.807) is 49.4 Å². The fourth-order valence-electron chi connectivity index (χ4n) is 2.88. The van der Waals surface area contributed by atoms with Crippen molar-refractivity contribution < 1.29 is 9.59 Å². The van der Waals surface area contributed by atoms with Crippen LogP contribution in [-0.2, 0) is 16.1 Å². The van der Waals surface area contributed by atoms with Gasteiger partial charge in [-0.25, -0.2) is 4.79 Å². The number of anilines is 1. The number of H-pyrrole nitrogens is 1. The number of fused-ring (bicyclic) bond motifs is 1. The van der Waals surface area contributed by atoms with Crippen LogP contribution in [0, 0.1) is 6.92 Å². The molecule has 1 heterocycles. The van der Waals surface area contributed by atoms with Crippen LogP contribution in [0.1, 0.15) is 12.0 Å². The molecule has 0 bridgehead atoms. The summed E-state index contributed by atoms with van der Waals surface area (Å²) in [6, 6.07) is 11.8. The standard InChI is InChI=1S/C20H19ClN4O4/c1-12-14(21)6-4-7-15(12)23-18(27)11-22-17(26)9-10-25-16-8-3-2-5-13(16)19(28)24-20(25)29/h2-8H,9-11H2,1H3,(H,22,26)(H,23,27)(H,24,28,29). The lowest BCUT2D eigenvalue weighted by atomic mass is 10.2. The van der Waals surface area contributed by atoms with Crippen LogP contribution < -0.4 is 21.9 Å². The van der Waals surface area contributed by atoms with Crippen LogP contribution >= 0.6 is 11.6 Å². The number of hydrogen-bond donors (Lipinski definition) is 3. The number of benzene rings is 2. The highest BCUT2D eigenvalue weighted by molar-refractivity contribution is 6.31. The minimum absolute atomic E-state index is 0.0284. The first-order chi connectivity index (χ1) is 13.9. The Morgan fingerprint density at radius 2 is 1.83 bits per heavy atom. The van der Waals surface area contributed by atoms with Crippen molar-refractivity contribution in [3.63, 3.8) is 0 Å². The number of aromatic amines is 1. The van der Waals surface area contributed by atoms with E-state index < -0.39 is 23.1 Å². The molecule has 0 aliphatic heterocycles. The molecule has 3 aromatic rings. The second kappa shape index (κ2) is 8.74. The monoisotopic (exact) mass is 414 g/mol. The molecule has 0 aliphatic rings. The number of halogens is 1. The first kappa shape index (κ1) is 20.3. The first-order valence-corrected chi connectivity index (χ1v) is 9.28. The maximum Gasteiger partial charge on any atom is 0.328 e. The SMILES string of the molecule is Cc1c(Cl)cccc1NC(=O)CNC(=O)CCn1c(=O)[nH]c(=O)c2ccccc21. The van der Waals surface area contributed by atoms with Gasteiger partial charge in [-0.1, -0.05) is 29.8 Å². The normalized spacial score (nSPS) is 10.7. The lowest BCUT2D eigenvalue weighted by molar-refractivity contribution is -0.124. The third-order valence-corrected chi connectivity index (χ3v) is 4.86. The molecule has 2 amide bonds. The van der Waals surface area contributed by atoms with E-state index in [9.17, 15) is 19.2 Å². The van der Waals surface area contributed by atoms with Crippen molar-refractivity contribution in [2.24, 2.45) is 0 Å². The van der Waals surface area contributed by atoms with Crippen molar-refractivity contribution in [1.82, 2.24) is 14.9 Å². The molecule has 0 unspecified atom stereocenters. The van der Waals surface area contributed by atoms with Crippen LogP contribution in [0.5, 0.6) is 0 Å². The average Bonchev–Trinajstić information content (AvgIpc) is 2.70. The zero-order chi connectivity index (χ0) is 21.0. The van der Waals surface area contributed by atoms with E-state index in [4.69, 9.17) is 11.6 Å². The summed E-state index contributed by atoms with van der Waals surface area (Å²) in [6.07, 6.45) is -0.0284. The fraction of sp³-hybridized carbons (Fsp3) is 0.200. The molecule has 3 rings (SSSR count). The molecule has 8 nitrogen and oxygen atoms in total. The van der Waals surface area contributed by atoms with Crippen LogP contribution in [0.15, 0.2) is 52.1 Å². The van der Waals surface area contributed by atoms with Gasteiger partial charge in [-0.05, 0) is 36.8 Å². The van der Waals surface area contributed by atoms with Crippen molar-refractivity contribution in [2.45, 2.75) is 19.9 Å². The lowest BCUT2D eigenvalue weighted by Crippen LogP contribution is -2.35. The van der Waals surface area contributed by atoms with E-state index in [0.717, 1.165) is 5.56 Å². The zero-order valence-electron chi connectivity index (χ0n) is 15.6. The smallest absolute Gasteiger partial charge is 0.328 e. The van der Waals surface area contributed by atoms with E-state index in [1.165, 1.54) is 4.57 Å². The molecule has 0 fully saturated rings. The number of amides is 2. The Bertz CT molecular complexity index is 1200. The van der Waals surface area contributed by atoms with Crippen molar-refractivity contribution in [3.05, 3.63) is 73.9 Å². The van der Waals surface area contributed by atoms with Gasteiger partial charge in [-0.2, -0.15) is 0 Å². The summed E-state index contributed by atoms with van der Waals surface area (Å²) in [4.78, 5) is 50.4. The molecule has 0 atom stereocenters. The summed E-state index contributed by atoms with van der Waals surface area (Å²) >= 11 is 6.02. The fourth-order valence-corrected chi connectivity index (χ4v) is 3.06. The van der Waals surface area contributed by atoms with Crippen LogP contribution in [0.25, 0.3) is 10.9 Å². The molecule has 2 aromatic carbocycles. The summed E-state index contributed by atoms with van der Waals surface area (Å²) in [7, 11) is 0. The minimum atomic E-state index is -0.587. The second-order valence-electron chi connectivity index (χ2n) is 6.42. The van der Waals surface area contributed by atoms with E-state index in [0.29, 0.717) is 21.6 Å². The van der Waals surface area contributed by atoms with Gasteiger partial charge in [-0.3, -0.25) is 23.9 Å². The number of nitrogens with zero attached hydrogens (tertiary/aromatic N) is 1. The Morgan fingerprint density at radius 3 is 2.62 bits per heavy atom. The number of aromatic nitrogens is 2. The maximum absolute atomic E-state index is 12.1. The molecule has 9 heteroatoms. The highest BCUT2D eigenvalue weighted by Gasteiger charge is 2.11. The van der Waals surface area contributed by atoms with Gasteiger partial charge in [0.05, 0.1) is 17.4 Å². The van der Waals surface area contributed by atoms with E-state index >= 15 is 0 Å². The predicted molar refractivity (Wildman–Crippen MR) is 111 cm³/mol. The molecule has 0 radical (unpaired) electrons. The van der Waals surface area contributed by atoms with Gasteiger partial charge in [0, 0.05) is 23.7 Å². The molecule has 1 aromatic heterocycles. The molecule has 3 N–H and O–H groups in total. The quantitative estimate of drug-likeness (QED) is 0.570. The summed E-state index contributed by atoms with van der Waals surface area (Å²) < 4.78 is 1.33. The van der Waals surface area contributed by atoms with Gasteiger partial charge in [0.25, 0.3) is 5.56 Å². The number of para-hydroxylation sites is 1. The highest BCUT2D eigenvalue weighted by Crippen LogP contribution is 2.22. The van der Waals surface area contributed by atoms with Crippen LogP contribution in [0.4, 0.5) is 5.69 Å². The van der Waals surface area contributed by atoms with Gasteiger partial charge in [0.15, 0.2) is 0 Å². The Morgan fingerprint density at radius 1 is 1.07 bits per heavy atom. The number of carbonyl (C=O) groups is 2. The predicted octanol–water partition coefficient (Wildman–Crippen LogP) is 1.80. The average molecular weight is 415 g/mol. The van der Waals surface area contributed by atoms with E-state index in [2.05, 4.69) is 15.6 Å². The van der Waals surface area contributed by atoms with Crippen molar-refractivity contribution in [2.75, 3.05) is 11.9 Å². The van der Waals surface area contributed by atoms with Crippen molar-refractivity contribution in [3.8, 4) is 0 Å². The largest absolute Gasteiger partial charge is 0.347 e. The summed E-state index contributed by atoms with van der Waals surface area (Å²) in [6.45, 7) is 1.63. The van der Waals surface area contributed by atoms with Crippen LogP contribution in [0.2, 0.25) is 5.02 Å². The number of rotatable bonds is 6. The Labute approximate surface area is 170 Å². The Hall–Kier alpha value is -3.39. The van der Waals surface area contributed by atoms with E-state index in [-0.39, 0.29) is 19.5 Å². The molecule has 0 aliphatic carbocycles. The second-order valence-corrected chi connectivity index (χ2v) is 6.82. The maximum atomic E-state index is 12.1. The third-order valence-electron chi connectivity index (χ3n) is 4.46. The topological polar surface area (TPSA) is 113 Å². The molecule has 0 spiro atoms. The van der Waals surface area contributed by atoms with Crippen molar-refractivity contribution in [1.29, 1.82) is 0 Å². The van der Waals surface area contributed by atoms with Gasteiger partial charge in [0.2, 0.25) is 11.8 Å². The highest BCUT2D eigenvalue weighted by atomic mass is 35.5. The number of hydrogen-bond acceptors (Lipinski definition) is 4. The third kappa shape index (κ3) is 4.72. The van der Waals surface area contributed by atoms with Gasteiger partial charge in [-0.15, -0.1) is 0 Å². The number of nitrogens with one attached hydrogen (secondary N) is 3. The minimum Gasteiger partial charge on any atom is -0.347 e. The van der Waals surface area contributed by atoms with Crippen LogP contribution in [0.3, 0.4) is 0 Å². The molecular weight excluding hydrogens is 396 g/mol. The molecule has 0 saturated heterocycles. The first-order valence-electron chi connectivity index (χ1n) is 8.90. The van der Waals surface area contributed by atoms with Crippen molar-refractivity contribution >= 4 is 40.0 Å². The van der Waals surface area contributed by atoms with Gasteiger partial charge < -0.3 is 10.6 Å². The van der Waals surface area contributed by atoms with Crippen LogP contribution in [-0.4, -0.2) is 27.9 Å². The summed E-state index contributed by atoms with van der Waals surface area (Å²) in [5.74, 6) is -0.791. The zero-order valence-corrected chi connectivity index (χ0v) is 16.4. The van der Waals surface area contributed by atoms with Gasteiger partial charge in [0.1, 0.15) is 0 Å². The van der Waals surface area contributed by atoms with Gasteiger partial charge >= 0.3 is 5.69 Å². The number of aryl methyl sites for hydroxylation is 1. The van der Waals surface area contributed by atoms with E-state index in [1.807, 2.05) is 0 Å². The summed E-state index contributed by atoms with van der Waals surface area (Å²) in [5.41, 5.74) is 0.694.